The van der Waals surface area contributed by atoms with E-state index in [0.717, 1.165) is 0 Å². The smallest absolute Gasteiger partial charge is 0.258 e. The van der Waals surface area contributed by atoms with Gasteiger partial charge in [0.25, 0.3) is 17.5 Å². The van der Waals surface area contributed by atoms with E-state index in [1.807, 2.05) is 6.92 Å². The lowest BCUT2D eigenvalue weighted by Gasteiger charge is -2.09. The van der Waals surface area contributed by atoms with Crippen LogP contribution in [0.3, 0.4) is 0 Å². The third kappa shape index (κ3) is 4.22. The molecule has 8 heteroatoms. The summed E-state index contributed by atoms with van der Waals surface area (Å²) in [6.07, 6.45) is 0. The van der Waals surface area contributed by atoms with Crippen LogP contribution >= 0.6 is 0 Å². The maximum absolute atomic E-state index is 12.7. The van der Waals surface area contributed by atoms with Gasteiger partial charge in [-0.25, -0.2) is 4.98 Å². The fourth-order valence-corrected chi connectivity index (χ4v) is 2.63. The molecule has 2 N–H and O–H groups in total. The van der Waals surface area contributed by atoms with Gasteiger partial charge >= 0.3 is 0 Å². The Hall–Kier alpha value is -3.42. The summed E-state index contributed by atoms with van der Waals surface area (Å²) in [6, 6.07) is 8.48. The molecular formula is C19H20N4O4. The molecule has 0 aliphatic carbocycles. The van der Waals surface area contributed by atoms with Crippen molar-refractivity contribution in [2.24, 2.45) is 0 Å². The number of hydrogen-bond acceptors (Lipinski definition) is 6. The second-order valence-corrected chi connectivity index (χ2v) is 5.98. The lowest BCUT2D eigenvalue weighted by molar-refractivity contribution is -0.122. The van der Waals surface area contributed by atoms with Crippen molar-refractivity contribution in [2.45, 2.75) is 20.8 Å². The van der Waals surface area contributed by atoms with E-state index in [0.29, 0.717) is 46.0 Å². The standard InChI is InChI=1S/C19H20N4O4/c1-4-20-16(24)10-26-14-7-5-13(6-8-14)22-18(25)15-9-11(2)21-19-17(15)12(3)23-27-19/h5-9H,4,10H2,1-3H3,(H,20,24)(H,22,25). The summed E-state index contributed by atoms with van der Waals surface area (Å²) in [5.41, 5.74) is 2.66. The van der Waals surface area contributed by atoms with Gasteiger partial charge < -0.3 is 19.9 Å². The van der Waals surface area contributed by atoms with Crippen molar-refractivity contribution in [3.05, 3.63) is 47.3 Å². The number of carbonyl (C=O) groups is 2. The predicted octanol–water partition coefficient (Wildman–Crippen LogP) is 2.61. The third-order valence-electron chi connectivity index (χ3n) is 3.85. The molecule has 2 aromatic heterocycles. The minimum absolute atomic E-state index is 0.0550. The fraction of sp³-hybridized carbons (Fsp3) is 0.263. The van der Waals surface area contributed by atoms with E-state index in [9.17, 15) is 9.59 Å². The predicted molar refractivity (Wildman–Crippen MR) is 99.9 cm³/mol. The average Bonchev–Trinajstić information content (AvgIpc) is 3.01. The van der Waals surface area contributed by atoms with Crippen LogP contribution in [0.25, 0.3) is 11.1 Å². The van der Waals surface area contributed by atoms with Crippen molar-refractivity contribution in [1.29, 1.82) is 0 Å². The number of benzene rings is 1. The number of aromatic nitrogens is 2. The van der Waals surface area contributed by atoms with E-state index < -0.39 is 0 Å². The maximum atomic E-state index is 12.7. The number of carbonyl (C=O) groups excluding carboxylic acids is 2. The first-order chi connectivity index (χ1) is 13.0. The monoisotopic (exact) mass is 368 g/mol. The van der Waals surface area contributed by atoms with Gasteiger partial charge in [-0.3, -0.25) is 9.59 Å². The molecular weight excluding hydrogens is 348 g/mol. The molecule has 0 bridgehead atoms. The third-order valence-corrected chi connectivity index (χ3v) is 3.85. The maximum Gasteiger partial charge on any atom is 0.258 e. The summed E-state index contributed by atoms with van der Waals surface area (Å²) in [5, 5.41) is 9.97. The van der Waals surface area contributed by atoms with E-state index in [4.69, 9.17) is 9.26 Å². The van der Waals surface area contributed by atoms with Crippen LogP contribution in [0, 0.1) is 13.8 Å². The molecule has 8 nitrogen and oxygen atoms in total. The van der Waals surface area contributed by atoms with Gasteiger partial charge in [-0.2, -0.15) is 0 Å². The van der Waals surface area contributed by atoms with Gasteiger partial charge in [-0.1, -0.05) is 5.16 Å². The zero-order chi connectivity index (χ0) is 19.4. The van der Waals surface area contributed by atoms with Crippen LogP contribution in [0.15, 0.2) is 34.9 Å². The first-order valence-electron chi connectivity index (χ1n) is 8.52. The van der Waals surface area contributed by atoms with Gasteiger partial charge in [0.1, 0.15) is 5.75 Å². The van der Waals surface area contributed by atoms with Gasteiger partial charge in [0.2, 0.25) is 0 Å². The van der Waals surface area contributed by atoms with Gasteiger partial charge in [0.15, 0.2) is 6.61 Å². The lowest BCUT2D eigenvalue weighted by Crippen LogP contribution is -2.28. The molecule has 27 heavy (non-hydrogen) atoms. The first kappa shape index (κ1) is 18.4. The molecule has 0 fully saturated rings. The van der Waals surface area contributed by atoms with Crippen LogP contribution < -0.4 is 15.4 Å². The van der Waals surface area contributed by atoms with Crippen LogP contribution in [-0.2, 0) is 4.79 Å². The van der Waals surface area contributed by atoms with Gasteiger partial charge in [0.05, 0.1) is 16.6 Å². The Bertz CT molecular complexity index is 979. The number of nitrogens with zero attached hydrogens (tertiary/aromatic N) is 2. The molecule has 0 saturated carbocycles. The van der Waals surface area contributed by atoms with E-state index in [-0.39, 0.29) is 18.4 Å². The Morgan fingerprint density at radius 1 is 1.19 bits per heavy atom. The number of likely N-dealkylation sites (N-methyl/N-ethyl adjacent to an activating group) is 1. The van der Waals surface area contributed by atoms with Crippen LogP contribution in [0.5, 0.6) is 5.75 Å². The highest BCUT2D eigenvalue weighted by Crippen LogP contribution is 2.23. The van der Waals surface area contributed by atoms with Crippen LogP contribution in [0.1, 0.15) is 28.7 Å². The number of rotatable bonds is 6. The number of ether oxygens (including phenoxy) is 1. The van der Waals surface area contributed by atoms with E-state index in [1.165, 1.54) is 0 Å². The molecule has 0 atom stereocenters. The second kappa shape index (κ2) is 7.86. The molecule has 0 spiro atoms. The van der Waals surface area contributed by atoms with Crippen molar-refractivity contribution in [2.75, 3.05) is 18.5 Å². The highest BCUT2D eigenvalue weighted by atomic mass is 16.5. The SMILES string of the molecule is CCNC(=O)COc1ccc(NC(=O)c2cc(C)nc3onc(C)c23)cc1. The molecule has 3 aromatic rings. The Morgan fingerprint density at radius 2 is 1.93 bits per heavy atom. The Morgan fingerprint density at radius 3 is 2.63 bits per heavy atom. The molecule has 0 unspecified atom stereocenters. The highest BCUT2D eigenvalue weighted by molar-refractivity contribution is 6.12. The van der Waals surface area contributed by atoms with E-state index in [2.05, 4.69) is 20.8 Å². The summed E-state index contributed by atoms with van der Waals surface area (Å²) >= 11 is 0. The minimum atomic E-state index is -0.284. The van der Waals surface area contributed by atoms with Gasteiger partial charge in [-0.05, 0) is 51.1 Å². The molecule has 2 heterocycles. The van der Waals surface area contributed by atoms with Crippen LogP contribution in [-0.4, -0.2) is 35.1 Å². The number of aryl methyl sites for hydroxylation is 2. The molecule has 0 radical (unpaired) electrons. The summed E-state index contributed by atoms with van der Waals surface area (Å²) in [5.74, 6) is 0.0695. The zero-order valence-corrected chi connectivity index (χ0v) is 15.3. The van der Waals surface area contributed by atoms with Crippen molar-refractivity contribution >= 4 is 28.6 Å². The van der Waals surface area contributed by atoms with Gasteiger partial charge in [0, 0.05) is 17.9 Å². The van der Waals surface area contributed by atoms with Crippen molar-refractivity contribution < 1.29 is 18.8 Å². The number of pyridine rings is 1. The lowest BCUT2D eigenvalue weighted by atomic mass is 10.1. The summed E-state index contributed by atoms with van der Waals surface area (Å²) in [7, 11) is 0. The van der Waals surface area contributed by atoms with Crippen molar-refractivity contribution in [3.63, 3.8) is 0 Å². The molecule has 0 aliphatic heterocycles. The van der Waals surface area contributed by atoms with Crippen molar-refractivity contribution in [1.82, 2.24) is 15.5 Å². The molecule has 1 aromatic carbocycles. The van der Waals surface area contributed by atoms with Crippen LogP contribution in [0.4, 0.5) is 5.69 Å². The second-order valence-electron chi connectivity index (χ2n) is 5.98. The first-order valence-corrected chi connectivity index (χ1v) is 8.52. The molecule has 140 valence electrons. The number of fused-ring (bicyclic) bond motifs is 1. The average molecular weight is 368 g/mol. The van der Waals surface area contributed by atoms with Gasteiger partial charge in [-0.15, -0.1) is 0 Å². The molecule has 0 saturated heterocycles. The number of nitrogens with one attached hydrogen (secondary N) is 2. The van der Waals surface area contributed by atoms with E-state index >= 15 is 0 Å². The molecule has 0 aliphatic rings. The van der Waals surface area contributed by atoms with Crippen LogP contribution in [0.2, 0.25) is 0 Å². The number of anilines is 1. The summed E-state index contributed by atoms with van der Waals surface area (Å²) in [6.45, 7) is 5.89. The van der Waals surface area contributed by atoms with Crippen molar-refractivity contribution in [3.8, 4) is 5.75 Å². The molecule has 3 rings (SSSR count). The largest absolute Gasteiger partial charge is 0.484 e. The molecule has 2 amide bonds. The van der Waals surface area contributed by atoms with E-state index in [1.54, 1.807) is 44.2 Å². The normalized spacial score (nSPS) is 10.6. The highest BCUT2D eigenvalue weighted by Gasteiger charge is 2.18. The quantitative estimate of drug-likeness (QED) is 0.693. The Labute approximate surface area is 155 Å². The topological polar surface area (TPSA) is 106 Å². The summed E-state index contributed by atoms with van der Waals surface area (Å²) in [4.78, 5) is 28.4. The minimum Gasteiger partial charge on any atom is -0.484 e. The number of hydrogen-bond donors (Lipinski definition) is 2. The Kier molecular flexibility index (Phi) is 5.35. The fourth-order valence-electron chi connectivity index (χ4n) is 2.63. The Balaban J connectivity index is 1.72. The zero-order valence-electron chi connectivity index (χ0n) is 15.3. The summed E-state index contributed by atoms with van der Waals surface area (Å²) < 4.78 is 10.5. The number of amides is 2.